The van der Waals surface area contributed by atoms with Crippen molar-refractivity contribution >= 4 is 11.9 Å². The topological polar surface area (TPSA) is 89.6 Å². The molecule has 15 heavy (non-hydrogen) atoms. The SMILES string of the molecule is NOC(=O)CCCCCCCCC(=O)O. The number of hydrogen-bond acceptors (Lipinski definition) is 4. The fourth-order valence-electron chi connectivity index (χ4n) is 1.31. The van der Waals surface area contributed by atoms with Gasteiger partial charge in [0.2, 0.25) is 0 Å². The summed E-state index contributed by atoms with van der Waals surface area (Å²) in [4.78, 5) is 24.8. The maximum atomic E-state index is 10.6. The highest BCUT2D eigenvalue weighted by molar-refractivity contribution is 5.68. The summed E-state index contributed by atoms with van der Waals surface area (Å²) in [6, 6.07) is 0. The first-order valence-corrected chi connectivity index (χ1v) is 5.28. The second-order valence-electron chi connectivity index (χ2n) is 3.50. The Hall–Kier alpha value is -1.10. The number of rotatable bonds is 9. The number of aliphatic carboxylic acids is 1. The quantitative estimate of drug-likeness (QED) is 0.452. The largest absolute Gasteiger partial charge is 0.481 e. The Kier molecular flexibility index (Phi) is 8.76. The molecule has 3 N–H and O–H groups in total. The number of hydrogen-bond donors (Lipinski definition) is 2. The van der Waals surface area contributed by atoms with Crippen LogP contribution in [0.2, 0.25) is 0 Å². The van der Waals surface area contributed by atoms with Gasteiger partial charge in [0.1, 0.15) is 0 Å². The lowest BCUT2D eigenvalue weighted by Gasteiger charge is -2.00. The minimum atomic E-state index is -0.735. The van der Waals surface area contributed by atoms with Crippen LogP contribution >= 0.6 is 0 Å². The van der Waals surface area contributed by atoms with Gasteiger partial charge in [0.25, 0.3) is 0 Å². The summed E-state index contributed by atoms with van der Waals surface area (Å²) in [5.41, 5.74) is 0. The van der Waals surface area contributed by atoms with E-state index in [0.717, 1.165) is 38.5 Å². The Morgan fingerprint density at radius 3 is 1.87 bits per heavy atom. The molecule has 0 heterocycles. The first-order chi connectivity index (χ1) is 7.16. The van der Waals surface area contributed by atoms with Crippen LogP contribution in [0.5, 0.6) is 0 Å². The van der Waals surface area contributed by atoms with Crippen molar-refractivity contribution in [3.05, 3.63) is 0 Å². The number of nitrogens with two attached hydrogens (primary N) is 1. The van der Waals surface area contributed by atoms with Gasteiger partial charge < -0.3 is 9.94 Å². The Bertz CT molecular complexity index is 194. The average Bonchev–Trinajstić information content (AvgIpc) is 2.21. The Balaban J connectivity index is 3.05. The van der Waals surface area contributed by atoms with Gasteiger partial charge in [-0.1, -0.05) is 25.7 Å². The van der Waals surface area contributed by atoms with Crippen molar-refractivity contribution in [2.45, 2.75) is 51.4 Å². The van der Waals surface area contributed by atoms with Gasteiger partial charge in [-0.2, -0.15) is 5.90 Å². The molecule has 0 bridgehead atoms. The molecule has 0 aromatic carbocycles. The van der Waals surface area contributed by atoms with E-state index < -0.39 is 5.97 Å². The van der Waals surface area contributed by atoms with Gasteiger partial charge in [0.05, 0.1) is 0 Å². The van der Waals surface area contributed by atoms with Crippen LogP contribution in [0.4, 0.5) is 0 Å². The molecule has 0 radical (unpaired) electrons. The standard InChI is InChI=1S/C10H19NO4/c11-15-10(14)8-6-4-2-1-3-5-7-9(12)13/h1-8,11H2,(H,12,13). The second kappa shape index (κ2) is 9.45. The van der Waals surface area contributed by atoms with Gasteiger partial charge in [0.15, 0.2) is 0 Å². The molecule has 0 fully saturated rings. The molecule has 5 nitrogen and oxygen atoms in total. The fraction of sp³-hybridized carbons (Fsp3) is 0.800. The van der Waals surface area contributed by atoms with Crippen molar-refractivity contribution in [1.82, 2.24) is 0 Å². The first-order valence-electron chi connectivity index (χ1n) is 5.28. The molecular weight excluding hydrogens is 198 g/mol. The van der Waals surface area contributed by atoms with Crippen LogP contribution in [0.15, 0.2) is 0 Å². The molecule has 0 aliphatic heterocycles. The van der Waals surface area contributed by atoms with Crippen LogP contribution in [0, 0.1) is 0 Å². The van der Waals surface area contributed by atoms with E-state index in [9.17, 15) is 9.59 Å². The highest BCUT2D eigenvalue weighted by atomic mass is 16.7. The van der Waals surface area contributed by atoms with Gasteiger partial charge in [0, 0.05) is 12.8 Å². The summed E-state index contributed by atoms with van der Waals surface area (Å²) in [6.45, 7) is 0. The second-order valence-corrected chi connectivity index (χ2v) is 3.50. The summed E-state index contributed by atoms with van der Waals surface area (Å²) >= 11 is 0. The molecule has 0 aromatic heterocycles. The Morgan fingerprint density at radius 2 is 1.40 bits per heavy atom. The zero-order valence-corrected chi connectivity index (χ0v) is 8.91. The summed E-state index contributed by atoms with van der Waals surface area (Å²) in [7, 11) is 0. The smallest absolute Gasteiger partial charge is 0.324 e. The lowest BCUT2D eigenvalue weighted by atomic mass is 10.1. The van der Waals surface area contributed by atoms with Crippen molar-refractivity contribution in [2.24, 2.45) is 5.90 Å². The molecule has 0 saturated heterocycles. The lowest BCUT2D eigenvalue weighted by Crippen LogP contribution is -2.08. The summed E-state index contributed by atoms with van der Waals surface area (Å²) in [6.07, 6.45) is 6.08. The molecule has 5 heteroatoms. The third-order valence-corrected chi connectivity index (χ3v) is 2.15. The van der Waals surface area contributed by atoms with Gasteiger partial charge in [-0.05, 0) is 12.8 Å². The third-order valence-electron chi connectivity index (χ3n) is 2.15. The van der Waals surface area contributed by atoms with Crippen molar-refractivity contribution in [3.63, 3.8) is 0 Å². The lowest BCUT2D eigenvalue weighted by molar-refractivity contribution is -0.144. The molecule has 0 saturated carbocycles. The molecule has 0 aliphatic rings. The molecule has 0 unspecified atom stereocenters. The summed E-state index contributed by atoms with van der Waals surface area (Å²) in [5, 5.41) is 8.38. The number of carbonyl (C=O) groups is 2. The van der Waals surface area contributed by atoms with E-state index in [0.29, 0.717) is 6.42 Å². The van der Waals surface area contributed by atoms with E-state index >= 15 is 0 Å². The van der Waals surface area contributed by atoms with Crippen molar-refractivity contribution in [3.8, 4) is 0 Å². The van der Waals surface area contributed by atoms with E-state index in [4.69, 9.17) is 5.11 Å². The van der Waals surface area contributed by atoms with Gasteiger partial charge in [-0.3, -0.25) is 9.59 Å². The predicted octanol–water partition coefficient (Wildman–Crippen LogP) is 1.61. The maximum Gasteiger partial charge on any atom is 0.324 e. The van der Waals surface area contributed by atoms with E-state index in [-0.39, 0.29) is 12.4 Å². The molecule has 88 valence electrons. The zero-order valence-electron chi connectivity index (χ0n) is 8.91. The number of carbonyl (C=O) groups excluding carboxylic acids is 1. The van der Waals surface area contributed by atoms with Crippen molar-refractivity contribution in [2.75, 3.05) is 0 Å². The van der Waals surface area contributed by atoms with E-state index in [1.807, 2.05) is 0 Å². The molecule has 0 aromatic rings. The molecular formula is C10H19NO4. The highest BCUT2D eigenvalue weighted by Gasteiger charge is 2.00. The Morgan fingerprint density at radius 1 is 0.933 bits per heavy atom. The molecule has 0 rings (SSSR count). The molecule has 0 aliphatic carbocycles. The fourth-order valence-corrected chi connectivity index (χ4v) is 1.31. The van der Waals surface area contributed by atoms with Crippen LogP contribution in [0.25, 0.3) is 0 Å². The normalized spacial score (nSPS) is 9.93. The molecule has 0 amide bonds. The van der Waals surface area contributed by atoms with E-state index in [1.54, 1.807) is 0 Å². The maximum absolute atomic E-state index is 10.6. The van der Waals surface area contributed by atoms with Crippen LogP contribution in [-0.4, -0.2) is 17.0 Å². The minimum Gasteiger partial charge on any atom is -0.481 e. The summed E-state index contributed by atoms with van der Waals surface area (Å²) < 4.78 is 0. The van der Waals surface area contributed by atoms with Gasteiger partial charge in [-0.15, -0.1) is 0 Å². The van der Waals surface area contributed by atoms with Gasteiger partial charge >= 0.3 is 11.9 Å². The molecule has 0 spiro atoms. The van der Waals surface area contributed by atoms with E-state index in [2.05, 4.69) is 10.7 Å². The van der Waals surface area contributed by atoms with E-state index in [1.165, 1.54) is 0 Å². The van der Waals surface area contributed by atoms with Gasteiger partial charge in [-0.25, -0.2) is 0 Å². The monoisotopic (exact) mass is 217 g/mol. The van der Waals surface area contributed by atoms with Crippen molar-refractivity contribution < 1.29 is 19.5 Å². The number of unbranched alkanes of at least 4 members (excludes halogenated alkanes) is 5. The van der Waals surface area contributed by atoms with Crippen LogP contribution in [0.1, 0.15) is 51.4 Å². The third kappa shape index (κ3) is 10.8. The van der Waals surface area contributed by atoms with Crippen molar-refractivity contribution in [1.29, 1.82) is 0 Å². The highest BCUT2D eigenvalue weighted by Crippen LogP contribution is 2.08. The predicted molar refractivity (Wildman–Crippen MR) is 54.9 cm³/mol. The van der Waals surface area contributed by atoms with Crippen LogP contribution < -0.4 is 5.90 Å². The van der Waals surface area contributed by atoms with Crippen LogP contribution in [-0.2, 0) is 14.4 Å². The number of carboxylic acid groups (broad SMARTS) is 1. The first kappa shape index (κ1) is 13.9. The Labute approximate surface area is 89.5 Å². The van der Waals surface area contributed by atoms with Crippen LogP contribution in [0.3, 0.4) is 0 Å². The average molecular weight is 217 g/mol. The summed E-state index contributed by atoms with van der Waals surface area (Å²) in [5.74, 6) is 3.57. The minimum absolute atomic E-state index is 0.250. The zero-order chi connectivity index (χ0) is 11.5. The molecule has 0 atom stereocenters. The number of carboxylic acids is 1.